The number of halogens is 1. The Balaban J connectivity index is 2.81. The van der Waals surface area contributed by atoms with Crippen molar-refractivity contribution in [3.05, 3.63) is 28.8 Å². The molecule has 3 nitrogen and oxygen atoms in total. The number of methoxy groups -OCH3 is 1. The van der Waals surface area contributed by atoms with Gasteiger partial charge in [0.25, 0.3) is 0 Å². The van der Waals surface area contributed by atoms with Gasteiger partial charge in [-0.15, -0.1) is 0 Å². The van der Waals surface area contributed by atoms with E-state index in [2.05, 4.69) is 4.98 Å². The Hall–Kier alpha value is -1.48. The Labute approximate surface area is 92.8 Å². The summed E-state index contributed by atoms with van der Waals surface area (Å²) in [7, 11) is 1.59. The van der Waals surface area contributed by atoms with Gasteiger partial charge in [-0.2, -0.15) is 0 Å². The second kappa shape index (κ2) is 3.59. The highest BCUT2D eigenvalue weighted by molar-refractivity contribution is 6.32. The average molecular weight is 223 g/mol. The second-order valence-electron chi connectivity index (χ2n) is 3.37. The molecule has 15 heavy (non-hydrogen) atoms. The fourth-order valence-corrected chi connectivity index (χ4v) is 1.81. The maximum absolute atomic E-state index is 6.00. The lowest BCUT2D eigenvalue weighted by atomic mass is 10.1. The molecule has 1 heterocycles. The molecule has 0 amide bonds. The summed E-state index contributed by atoms with van der Waals surface area (Å²) in [6.45, 7) is 1.98. The van der Waals surface area contributed by atoms with Crippen LogP contribution in [-0.2, 0) is 0 Å². The number of hydrogen-bond acceptors (Lipinski definition) is 3. The summed E-state index contributed by atoms with van der Waals surface area (Å²) >= 11 is 6.00. The van der Waals surface area contributed by atoms with Gasteiger partial charge in [0.2, 0.25) is 0 Å². The normalized spacial score (nSPS) is 10.6. The van der Waals surface area contributed by atoms with Gasteiger partial charge in [-0.25, -0.2) is 4.98 Å². The zero-order valence-electron chi connectivity index (χ0n) is 8.54. The highest BCUT2D eigenvalue weighted by atomic mass is 35.5. The molecule has 1 aromatic heterocycles. The molecule has 4 heteroatoms. The fourth-order valence-electron chi connectivity index (χ4n) is 1.58. The zero-order valence-corrected chi connectivity index (χ0v) is 9.30. The van der Waals surface area contributed by atoms with Crippen molar-refractivity contribution in [2.45, 2.75) is 6.92 Å². The number of nitrogen functional groups attached to an aromatic ring is 1. The van der Waals surface area contributed by atoms with Gasteiger partial charge in [-0.1, -0.05) is 11.6 Å². The van der Waals surface area contributed by atoms with E-state index in [1.54, 1.807) is 13.2 Å². The Morgan fingerprint density at radius 2 is 2.07 bits per heavy atom. The number of aryl methyl sites for hydroxylation is 1. The third-order valence-corrected chi connectivity index (χ3v) is 2.60. The van der Waals surface area contributed by atoms with E-state index in [0.29, 0.717) is 16.6 Å². The first-order valence-electron chi connectivity index (χ1n) is 4.52. The minimum absolute atomic E-state index is 0.501. The summed E-state index contributed by atoms with van der Waals surface area (Å²) in [6.07, 6.45) is 0. The number of anilines is 1. The first-order chi connectivity index (χ1) is 7.11. The van der Waals surface area contributed by atoms with E-state index in [4.69, 9.17) is 22.1 Å². The van der Waals surface area contributed by atoms with E-state index in [-0.39, 0.29) is 0 Å². The number of hydrogen-bond donors (Lipinski definition) is 1. The molecule has 2 aromatic rings. The summed E-state index contributed by atoms with van der Waals surface area (Å²) in [5.74, 6) is 1.15. The van der Waals surface area contributed by atoms with E-state index in [1.807, 2.05) is 19.1 Å². The first-order valence-corrected chi connectivity index (χ1v) is 4.90. The Kier molecular flexibility index (Phi) is 2.40. The van der Waals surface area contributed by atoms with Crippen LogP contribution in [0.5, 0.6) is 5.75 Å². The van der Waals surface area contributed by atoms with Crippen molar-refractivity contribution in [3.8, 4) is 5.75 Å². The lowest BCUT2D eigenvalue weighted by molar-refractivity contribution is 0.415. The molecule has 0 saturated heterocycles. The lowest BCUT2D eigenvalue weighted by Gasteiger charge is -2.07. The highest BCUT2D eigenvalue weighted by Crippen LogP contribution is 2.31. The topological polar surface area (TPSA) is 48.1 Å². The van der Waals surface area contributed by atoms with Gasteiger partial charge in [0.05, 0.1) is 17.6 Å². The summed E-state index contributed by atoms with van der Waals surface area (Å²) in [5.41, 5.74) is 7.51. The molecule has 0 aliphatic rings. The summed E-state index contributed by atoms with van der Waals surface area (Å²) < 4.78 is 5.15. The van der Waals surface area contributed by atoms with Gasteiger partial charge in [0, 0.05) is 5.39 Å². The number of nitrogens with zero attached hydrogens (tertiary/aromatic N) is 1. The van der Waals surface area contributed by atoms with Gasteiger partial charge >= 0.3 is 0 Å². The molecule has 0 aliphatic carbocycles. The van der Waals surface area contributed by atoms with Crippen LogP contribution in [0.4, 0.5) is 5.82 Å². The number of ether oxygens (including phenoxy) is 1. The van der Waals surface area contributed by atoms with E-state index < -0.39 is 0 Å². The largest absolute Gasteiger partial charge is 0.495 e. The third-order valence-electron chi connectivity index (χ3n) is 2.31. The van der Waals surface area contributed by atoms with Crippen molar-refractivity contribution in [1.29, 1.82) is 0 Å². The van der Waals surface area contributed by atoms with Gasteiger partial charge < -0.3 is 10.5 Å². The smallest absolute Gasteiger partial charge is 0.138 e. The Morgan fingerprint density at radius 3 is 2.73 bits per heavy atom. The monoisotopic (exact) mass is 222 g/mol. The zero-order chi connectivity index (χ0) is 11.0. The Morgan fingerprint density at radius 1 is 1.33 bits per heavy atom. The minimum atomic E-state index is 0.501. The molecule has 0 aliphatic heterocycles. The van der Waals surface area contributed by atoms with Crippen LogP contribution in [0.15, 0.2) is 18.2 Å². The van der Waals surface area contributed by atoms with E-state index in [0.717, 1.165) is 16.5 Å². The van der Waals surface area contributed by atoms with Crippen LogP contribution < -0.4 is 10.5 Å². The molecule has 2 rings (SSSR count). The predicted octanol–water partition coefficient (Wildman–Crippen LogP) is 2.79. The van der Waals surface area contributed by atoms with Crippen LogP contribution >= 0.6 is 11.6 Å². The van der Waals surface area contributed by atoms with Crippen molar-refractivity contribution < 1.29 is 4.74 Å². The molecule has 2 N–H and O–H groups in total. The molecule has 1 aromatic carbocycles. The number of nitrogens with two attached hydrogens (primary N) is 1. The van der Waals surface area contributed by atoms with Crippen molar-refractivity contribution in [2.24, 2.45) is 0 Å². The van der Waals surface area contributed by atoms with Crippen molar-refractivity contribution in [1.82, 2.24) is 4.98 Å². The van der Waals surface area contributed by atoms with Crippen LogP contribution in [0, 0.1) is 6.92 Å². The van der Waals surface area contributed by atoms with E-state index in [1.165, 1.54) is 0 Å². The maximum Gasteiger partial charge on any atom is 0.138 e. The van der Waals surface area contributed by atoms with Crippen LogP contribution in [-0.4, -0.2) is 12.1 Å². The van der Waals surface area contributed by atoms with Crippen LogP contribution in [0.3, 0.4) is 0 Å². The maximum atomic E-state index is 6.00. The SMILES string of the molecule is COc1cc2c(C)cc(N)nc2cc1Cl. The number of pyridine rings is 1. The van der Waals surface area contributed by atoms with Crippen molar-refractivity contribution in [3.63, 3.8) is 0 Å². The molecule has 0 spiro atoms. The molecule has 0 atom stereocenters. The molecule has 0 fully saturated rings. The van der Waals surface area contributed by atoms with Gasteiger partial charge in [0.1, 0.15) is 11.6 Å². The molecular formula is C11H11ClN2O. The van der Waals surface area contributed by atoms with Crippen molar-refractivity contribution >= 4 is 28.3 Å². The van der Waals surface area contributed by atoms with Gasteiger partial charge in [-0.05, 0) is 30.7 Å². The molecule has 0 unspecified atom stereocenters. The summed E-state index contributed by atoms with van der Waals surface area (Å²) in [4.78, 5) is 4.21. The second-order valence-corrected chi connectivity index (χ2v) is 3.78. The Bertz CT molecular complexity index is 525. The summed E-state index contributed by atoms with van der Waals surface area (Å²) in [5, 5.41) is 1.55. The van der Waals surface area contributed by atoms with Gasteiger partial charge in [-0.3, -0.25) is 0 Å². The van der Waals surface area contributed by atoms with Gasteiger partial charge in [0.15, 0.2) is 0 Å². The predicted molar refractivity (Wildman–Crippen MR) is 62.5 cm³/mol. The number of benzene rings is 1. The molecule has 78 valence electrons. The average Bonchev–Trinajstić information content (AvgIpc) is 2.16. The molecule has 0 bridgehead atoms. The van der Waals surface area contributed by atoms with E-state index >= 15 is 0 Å². The highest BCUT2D eigenvalue weighted by Gasteiger charge is 2.06. The molecular weight excluding hydrogens is 212 g/mol. The quantitative estimate of drug-likeness (QED) is 0.807. The molecule has 0 saturated carbocycles. The van der Waals surface area contributed by atoms with Crippen molar-refractivity contribution in [2.75, 3.05) is 12.8 Å². The minimum Gasteiger partial charge on any atom is -0.495 e. The number of aromatic nitrogens is 1. The van der Waals surface area contributed by atoms with Crippen LogP contribution in [0.1, 0.15) is 5.56 Å². The van der Waals surface area contributed by atoms with Crippen LogP contribution in [0.25, 0.3) is 10.9 Å². The standard InChI is InChI=1S/C11H11ClN2O/c1-6-3-11(13)14-9-5-8(12)10(15-2)4-7(6)9/h3-5H,1-2H3,(H2,13,14). The number of fused-ring (bicyclic) bond motifs is 1. The molecule has 0 radical (unpaired) electrons. The fraction of sp³-hybridized carbons (Fsp3) is 0.182. The van der Waals surface area contributed by atoms with E-state index in [9.17, 15) is 0 Å². The van der Waals surface area contributed by atoms with Crippen LogP contribution in [0.2, 0.25) is 5.02 Å². The lowest BCUT2D eigenvalue weighted by Crippen LogP contribution is -1.93. The first kappa shape index (κ1) is 10.1. The summed E-state index contributed by atoms with van der Waals surface area (Å²) in [6, 6.07) is 5.47. The third kappa shape index (κ3) is 1.70. The number of rotatable bonds is 1.